The zero-order valence-electron chi connectivity index (χ0n) is 10.3. The average Bonchev–Trinajstić information content (AvgIpc) is 2.28. The van der Waals surface area contributed by atoms with E-state index in [-0.39, 0.29) is 17.5 Å². The molecule has 0 aliphatic carbocycles. The SMILES string of the molecule is C[C@@H](CC(=N)C(=O)c1ccc(I)cc1)N(C)C. The third kappa shape index (κ3) is 4.20. The van der Waals surface area contributed by atoms with Crippen molar-refractivity contribution in [3.05, 3.63) is 33.4 Å². The van der Waals surface area contributed by atoms with Crippen LogP contribution in [0.15, 0.2) is 24.3 Å². The van der Waals surface area contributed by atoms with Crippen molar-refractivity contribution in [2.24, 2.45) is 0 Å². The summed E-state index contributed by atoms with van der Waals surface area (Å²) in [6.45, 7) is 2.01. The Kier molecular flexibility index (Phi) is 5.27. The molecule has 0 saturated carbocycles. The van der Waals surface area contributed by atoms with Gasteiger partial charge in [0, 0.05) is 21.6 Å². The number of hydrogen-bond donors (Lipinski definition) is 1. The van der Waals surface area contributed by atoms with Gasteiger partial charge in [0.05, 0.1) is 5.71 Å². The Labute approximate surface area is 116 Å². The molecule has 0 bridgehead atoms. The van der Waals surface area contributed by atoms with Crippen LogP contribution in [0.1, 0.15) is 23.7 Å². The molecule has 0 radical (unpaired) electrons. The highest BCUT2D eigenvalue weighted by Crippen LogP contribution is 2.10. The van der Waals surface area contributed by atoms with Crippen molar-refractivity contribution < 1.29 is 4.79 Å². The summed E-state index contributed by atoms with van der Waals surface area (Å²) >= 11 is 2.19. The molecule has 1 aromatic rings. The average molecular weight is 344 g/mol. The molecule has 1 rings (SSSR count). The number of carbonyl (C=O) groups excluding carboxylic acids is 1. The number of rotatable bonds is 5. The van der Waals surface area contributed by atoms with E-state index in [1.54, 1.807) is 12.1 Å². The van der Waals surface area contributed by atoms with Gasteiger partial charge in [-0.2, -0.15) is 0 Å². The van der Waals surface area contributed by atoms with Crippen molar-refractivity contribution in [1.29, 1.82) is 5.41 Å². The fourth-order valence-corrected chi connectivity index (χ4v) is 1.71. The Balaban J connectivity index is 2.70. The molecule has 92 valence electrons. The van der Waals surface area contributed by atoms with E-state index in [0.29, 0.717) is 12.0 Å². The first-order valence-corrected chi connectivity index (χ1v) is 6.54. The van der Waals surface area contributed by atoms with Crippen LogP contribution in [-0.2, 0) is 0 Å². The molecular formula is C13H17IN2O. The molecule has 0 unspecified atom stereocenters. The summed E-state index contributed by atoms with van der Waals surface area (Å²) in [5, 5.41) is 7.83. The number of nitrogens with one attached hydrogen (secondary N) is 1. The summed E-state index contributed by atoms with van der Waals surface area (Å²) in [7, 11) is 3.90. The Hall–Kier alpha value is -0.750. The van der Waals surface area contributed by atoms with Crippen LogP contribution in [0.4, 0.5) is 0 Å². The number of nitrogens with zero attached hydrogens (tertiary/aromatic N) is 1. The van der Waals surface area contributed by atoms with E-state index < -0.39 is 0 Å². The van der Waals surface area contributed by atoms with Crippen LogP contribution in [0.25, 0.3) is 0 Å². The van der Waals surface area contributed by atoms with Crippen molar-refractivity contribution in [2.45, 2.75) is 19.4 Å². The second kappa shape index (κ2) is 6.26. The van der Waals surface area contributed by atoms with Crippen LogP contribution in [0.5, 0.6) is 0 Å². The zero-order valence-corrected chi connectivity index (χ0v) is 12.5. The molecule has 0 spiro atoms. The Morgan fingerprint density at radius 3 is 2.35 bits per heavy atom. The second-order valence-electron chi connectivity index (χ2n) is 4.33. The molecule has 0 heterocycles. The lowest BCUT2D eigenvalue weighted by Crippen LogP contribution is -2.29. The van der Waals surface area contributed by atoms with Crippen molar-refractivity contribution >= 4 is 34.1 Å². The van der Waals surface area contributed by atoms with Crippen LogP contribution in [-0.4, -0.2) is 36.5 Å². The predicted octanol–water partition coefficient (Wildman–Crippen LogP) is 2.83. The second-order valence-corrected chi connectivity index (χ2v) is 5.58. The van der Waals surface area contributed by atoms with Crippen LogP contribution in [0.2, 0.25) is 0 Å². The monoisotopic (exact) mass is 344 g/mol. The summed E-state index contributed by atoms with van der Waals surface area (Å²) in [4.78, 5) is 14.0. The number of benzene rings is 1. The molecule has 0 fully saturated rings. The topological polar surface area (TPSA) is 44.2 Å². The summed E-state index contributed by atoms with van der Waals surface area (Å²) in [6, 6.07) is 7.53. The number of carbonyl (C=O) groups is 1. The largest absolute Gasteiger partial charge is 0.306 e. The molecule has 0 aliphatic rings. The first-order valence-electron chi connectivity index (χ1n) is 5.46. The highest BCUT2D eigenvalue weighted by Gasteiger charge is 2.16. The lowest BCUT2D eigenvalue weighted by molar-refractivity contribution is 0.106. The molecule has 0 amide bonds. The van der Waals surface area contributed by atoms with Gasteiger partial charge in [-0.25, -0.2) is 0 Å². The Morgan fingerprint density at radius 2 is 1.88 bits per heavy atom. The minimum atomic E-state index is -0.171. The lowest BCUT2D eigenvalue weighted by Gasteiger charge is -2.19. The molecule has 1 aromatic carbocycles. The summed E-state index contributed by atoms with van der Waals surface area (Å²) in [5.41, 5.74) is 0.772. The minimum Gasteiger partial charge on any atom is -0.306 e. The molecule has 0 aromatic heterocycles. The van der Waals surface area contributed by atoms with Gasteiger partial charge in [-0.05, 0) is 67.9 Å². The Bertz CT molecular complexity index is 412. The van der Waals surface area contributed by atoms with Crippen molar-refractivity contribution in [2.75, 3.05) is 14.1 Å². The van der Waals surface area contributed by atoms with Crippen LogP contribution < -0.4 is 0 Å². The van der Waals surface area contributed by atoms with E-state index >= 15 is 0 Å². The lowest BCUT2D eigenvalue weighted by atomic mass is 10.0. The number of Topliss-reactive ketones (excluding diaryl/α,β-unsaturated/α-hetero) is 1. The normalized spacial score (nSPS) is 12.5. The molecule has 3 nitrogen and oxygen atoms in total. The number of hydrogen-bond acceptors (Lipinski definition) is 3. The van der Waals surface area contributed by atoms with Gasteiger partial charge in [0.15, 0.2) is 0 Å². The van der Waals surface area contributed by atoms with Crippen LogP contribution >= 0.6 is 22.6 Å². The molecule has 1 N–H and O–H groups in total. The number of ketones is 1. The van der Waals surface area contributed by atoms with E-state index in [0.717, 1.165) is 3.57 Å². The fraction of sp³-hybridized carbons (Fsp3) is 0.385. The van der Waals surface area contributed by atoms with E-state index in [2.05, 4.69) is 22.6 Å². The molecule has 1 atom stereocenters. The highest BCUT2D eigenvalue weighted by atomic mass is 127. The molecule has 17 heavy (non-hydrogen) atoms. The highest BCUT2D eigenvalue weighted by molar-refractivity contribution is 14.1. The Morgan fingerprint density at radius 1 is 1.35 bits per heavy atom. The van der Waals surface area contributed by atoms with Gasteiger partial charge in [0.1, 0.15) is 0 Å². The van der Waals surface area contributed by atoms with Gasteiger partial charge in [-0.15, -0.1) is 0 Å². The van der Waals surface area contributed by atoms with Gasteiger partial charge in [0.25, 0.3) is 0 Å². The summed E-state index contributed by atoms with van der Waals surface area (Å²) in [5.74, 6) is -0.171. The van der Waals surface area contributed by atoms with Crippen LogP contribution in [0.3, 0.4) is 0 Å². The fourth-order valence-electron chi connectivity index (χ4n) is 1.35. The summed E-state index contributed by atoms with van der Waals surface area (Å²) < 4.78 is 1.09. The molecule has 0 saturated heterocycles. The first kappa shape index (κ1) is 14.3. The maximum Gasteiger partial charge on any atom is 0.206 e. The van der Waals surface area contributed by atoms with Gasteiger partial charge < -0.3 is 10.3 Å². The van der Waals surface area contributed by atoms with E-state index in [9.17, 15) is 4.79 Å². The maximum atomic E-state index is 12.0. The van der Waals surface area contributed by atoms with Crippen LogP contribution in [0, 0.1) is 8.98 Å². The van der Waals surface area contributed by atoms with Gasteiger partial charge in [0.2, 0.25) is 5.78 Å². The van der Waals surface area contributed by atoms with E-state index in [4.69, 9.17) is 5.41 Å². The quantitative estimate of drug-likeness (QED) is 0.507. The van der Waals surface area contributed by atoms with E-state index in [1.165, 1.54) is 0 Å². The van der Waals surface area contributed by atoms with Crippen molar-refractivity contribution in [1.82, 2.24) is 4.90 Å². The van der Waals surface area contributed by atoms with Crippen molar-refractivity contribution in [3.8, 4) is 0 Å². The zero-order chi connectivity index (χ0) is 13.0. The van der Waals surface area contributed by atoms with Gasteiger partial charge >= 0.3 is 0 Å². The maximum absolute atomic E-state index is 12.0. The summed E-state index contributed by atoms with van der Waals surface area (Å²) in [6.07, 6.45) is 0.484. The van der Waals surface area contributed by atoms with Gasteiger partial charge in [-0.3, -0.25) is 4.79 Å². The van der Waals surface area contributed by atoms with E-state index in [1.807, 2.05) is 38.1 Å². The molecule has 0 aliphatic heterocycles. The first-order chi connectivity index (χ1) is 7.91. The molecule has 4 heteroatoms. The third-order valence-electron chi connectivity index (χ3n) is 2.76. The minimum absolute atomic E-state index is 0.171. The smallest absolute Gasteiger partial charge is 0.206 e. The number of halogens is 1. The standard InChI is InChI=1S/C13H17IN2O/c1-9(16(2)3)8-12(15)13(17)10-4-6-11(14)7-5-10/h4-7,9,15H,8H2,1-3H3/t9-/m0/s1. The van der Waals surface area contributed by atoms with Gasteiger partial charge in [-0.1, -0.05) is 0 Å². The van der Waals surface area contributed by atoms with Crippen molar-refractivity contribution in [3.63, 3.8) is 0 Å². The third-order valence-corrected chi connectivity index (χ3v) is 3.48. The predicted molar refractivity (Wildman–Crippen MR) is 79.0 cm³/mol. The molecular weight excluding hydrogens is 327 g/mol.